The molecule has 0 spiro atoms. The van der Waals surface area contributed by atoms with Gasteiger partial charge in [0, 0.05) is 31.1 Å². The van der Waals surface area contributed by atoms with E-state index in [0.717, 1.165) is 43.5 Å². The Morgan fingerprint density at radius 1 is 1.19 bits per heavy atom. The van der Waals surface area contributed by atoms with Crippen LogP contribution in [0.4, 0.5) is 0 Å². The van der Waals surface area contributed by atoms with E-state index in [1.807, 2.05) is 43.0 Å². The smallest absolute Gasteiger partial charge is 0.253 e. The maximum Gasteiger partial charge on any atom is 0.253 e. The molecule has 1 heterocycles. The zero-order valence-electron chi connectivity index (χ0n) is 12.9. The number of nitrogens with one attached hydrogen (secondary N) is 1. The van der Waals surface area contributed by atoms with E-state index in [1.165, 1.54) is 0 Å². The van der Waals surface area contributed by atoms with Gasteiger partial charge in [-0.05, 0) is 37.0 Å². The summed E-state index contributed by atoms with van der Waals surface area (Å²) >= 11 is 0. The molecule has 1 aromatic rings. The number of nitrogens with zero attached hydrogens (tertiary/aromatic N) is 1. The molecule has 1 fully saturated rings. The Bertz CT molecular complexity index is 490. The summed E-state index contributed by atoms with van der Waals surface area (Å²) in [5, 5.41) is 2.92. The summed E-state index contributed by atoms with van der Waals surface area (Å²) in [7, 11) is 0. The fourth-order valence-corrected chi connectivity index (χ4v) is 2.42. The largest absolute Gasteiger partial charge is 0.352 e. The van der Waals surface area contributed by atoms with Gasteiger partial charge in [0.15, 0.2) is 0 Å². The summed E-state index contributed by atoms with van der Waals surface area (Å²) < 4.78 is 0. The topological polar surface area (TPSA) is 49.4 Å². The van der Waals surface area contributed by atoms with Gasteiger partial charge >= 0.3 is 0 Å². The normalized spacial score (nSPS) is 15.8. The van der Waals surface area contributed by atoms with Crippen LogP contribution in [0, 0.1) is 5.92 Å². The van der Waals surface area contributed by atoms with Crippen molar-refractivity contribution in [2.24, 2.45) is 5.92 Å². The van der Waals surface area contributed by atoms with Crippen LogP contribution in [0.2, 0.25) is 0 Å². The monoisotopic (exact) mass is 288 g/mol. The van der Waals surface area contributed by atoms with Gasteiger partial charge in [-0.15, -0.1) is 0 Å². The molecule has 2 rings (SSSR count). The van der Waals surface area contributed by atoms with Crippen LogP contribution in [-0.4, -0.2) is 29.8 Å². The minimum Gasteiger partial charge on any atom is -0.352 e. The highest BCUT2D eigenvalue weighted by atomic mass is 16.2. The van der Waals surface area contributed by atoms with Crippen molar-refractivity contribution in [2.75, 3.05) is 13.1 Å². The van der Waals surface area contributed by atoms with Crippen molar-refractivity contribution >= 4 is 11.8 Å². The predicted octanol–water partition coefficient (Wildman–Crippen LogP) is 2.58. The van der Waals surface area contributed by atoms with Crippen LogP contribution in [0.15, 0.2) is 24.3 Å². The van der Waals surface area contributed by atoms with Gasteiger partial charge < -0.3 is 10.2 Å². The summed E-state index contributed by atoms with van der Waals surface area (Å²) in [5.41, 5.74) is 1.75. The molecule has 0 aliphatic carbocycles. The molecule has 2 amide bonds. The third-order valence-electron chi connectivity index (χ3n) is 4.12. The van der Waals surface area contributed by atoms with Crippen LogP contribution < -0.4 is 5.32 Å². The molecular formula is C17H24N2O2. The Labute approximate surface area is 126 Å². The highest BCUT2D eigenvalue weighted by Crippen LogP contribution is 2.13. The van der Waals surface area contributed by atoms with E-state index in [9.17, 15) is 9.59 Å². The lowest BCUT2D eigenvalue weighted by Gasteiger charge is -2.15. The van der Waals surface area contributed by atoms with Crippen molar-refractivity contribution in [3.63, 3.8) is 0 Å². The third-order valence-corrected chi connectivity index (χ3v) is 4.12. The quantitative estimate of drug-likeness (QED) is 0.905. The van der Waals surface area contributed by atoms with Crippen molar-refractivity contribution in [3.05, 3.63) is 35.4 Å². The van der Waals surface area contributed by atoms with Gasteiger partial charge in [-0.1, -0.05) is 26.0 Å². The van der Waals surface area contributed by atoms with Crippen molar-refractivity contribution in [1.29, 1.82) is 0 Å². The zero-order valence-corrected chi connectivity index (χ0v) is 12.9. The average Bonchev–Trinajstić information content (AvgIpc) is 3.06. The molecule has 4 nitrogen and oxygen atoms in total. The fraction of sp³-hybridized carbons (Fsp3) is 0.529. The van der Waals surface area contributed by atoms with Gasteiger partial charge in [-0.2, -0.15) is 0 Å². The molecule has 0 aromatic heterocycles. The van der Waals surface area contributed by atoms with Crippen molar-refractivity contribution < 1.29 is 9.59 Å². The molecule has 1 N–H and O–H groups in total. The number of hydrogen-bond acceptors (Lipinski definition) is 2. The van der Waals surface area contributed by atoms with Gasteiger partial charge in [-0.25, -0.2) is 0 Å². The molecule has 1 aromatic carbocycles. The van der Waals surface area contributed by atoms with Gasteiger partial charge in [-0.3, -0.25) is 9.59 Å². The molecule has 1 aliphatic heterocycles. The van der Waals surface area contributed by atoms with E-state index in [1.54, 1.807) is 0 Å². The SMILES string of the molecule is CCC(C)C(=O)NCc1ccc(C(=O)N2CCCC2)cc1. The van der Waals surface area contributed by atoms with E-state index in [4.69, 9.17) is 0 Å². The second kappa shape index (κ2) is 7.25. The lowest BCUT2D eigenvalue weighted by molar-refractivity contribution is -0.124. The Balaban J connectivity index is 1.89. The second-order valence-electron chi connectivity index (χ2n) is 5.72. The van der Waals surface area contributed by atoms with Crippen LogP contribution in [-0.2, 0) is 11.3 Å². The molecule has 0 saturated carbocycles. The maximum atomic E-state index is 12.2. The molecule has 1 atom stereocenters. The first-order chi connectivity index (χ1) is 10.1. The second-order valence-corrected chi connectivity index (χ2v) is 5.72. The summed E-state index contributed by atoms with van der Waals surface area (Å²) in [4.78, 5) is 25.8. The van der Waals surface area contributed by atoms with E-state index >= 15 is 0 Å². The molecule has 4 heteroatoms. The lowest BCUT2D eigenvalue weighted by atomic mass is 10.1. The molecule has 1 aliphatic rings. The molecule has 0 radical (unpaired) electrons. The lowest BCUT2D eigenvalue weighted by Crippen LogP contribution is -2.28. The first kappa shape index (κ1) is 15.5. The van der Waals surface area contributed by atoms with Crippen molar-refractivity contribution in [2.45, 2.75) is 39.7 Å². The van der Waals surface area contributed by atoms with Crippen molar-refractivity contribution in [3.8, 4) is 0 Å². The maximum absolute atomic E-state index is 12.2. The first-order valence-electron chi connectivity index (χ1n) is 7.77. The zero-order chi connectivity index (χ0) is 15.2. The number of hydrogen-bond donors (Lipinski definition) is 1. The number of rotatable bonds is 5. The van der Waals surface area contributed by atoms with Gasteiger partial charge in [0.25, 0.3) is 5.91 Å². The molecular weight excluding hydrogens is 264 g/mol. The minimum atomic E-state index is 0.0426. The molecule has 1 unspecified atom stereocenters. The van der Waals surface area contributed by atoms with Crippen LogP contribution in [0.3, 0.4) is 0 Å². The van der Waals surface area contributed by atoms with Crippen LogP contribution in [0.1, 0.15) is 49.0 Å². The van der Waals surface area contributed by atoms with E-state index in [-0.39, 0.29) is 17.7 Å². The Hall–Kier alpha value is -1.84. The van der Waals surface area contributed by atoms with E-state index in [2.05, 4.69) is 5.32 Å². The third kappa shape index (κ3) is 4.06. The summed E-state index contributed by atoms with van der Waals surface area (Å²) in [6.07, 6.45) is 3.05. The van der Waals surface area contributed by atoms with Gasteiger partial charge in [0.05, 0.1) is 0 Å². The number of amides is 2. The standard InChI is InChI=1S/C17H24N2O2/c1-3-13(2)16(20)18-12-14-6-8-15(9-7-14)17(21)19-10-4-5-11-19/h6-9,13H,3-5,10-12H2,1-2H3,(H,18,20). The van der Waals surface area contributed by atoms with Gasteiger partial charge in [0.1, 0.15) is 0 Å². The number of carbonyl (C=O) groups excluding carboxylic acids is 2. The van der Waals surface area contributed by atoms with Gasteiger partial charge in [0.2, 0.25) is 5.91 Å². The van der Waals surface area contributed by atoms with E-state index < -0.39 is 0 Å². The Morgan fingerprint density at radius 2 is 1.81 bits per heavy atom. The summed E-state index contributed by atoms with van der Waals surface area (Å²) in [6, 6.07) is 7.54. The average molecular weight is 288 g/mol. The summed E-state index contributed by atoms with van der Waals surface area (Å²) in [5.74, 6) is 0.235. The summed E-state index contributed by atoms with van der Waals surface area (Å²) in [6.45, 7) is 6.18. The minimum absolute atomic E-state index is 0.0426. The predicted molar refractivity (Wildman–Crippen MR) is 82.9 cm³/mol. The molecule has 114 valence electrons. The molecule has 21 heavy (non-hydrogen) atoms. The van der Waals surface area contributed by atoms with Crippen molar-refractivity contribution in [1.82, 2.24) is 10.2 Å². The first-order valence-corrected chi connectivity index (χ1v) is 7.77. The highest BCUT2D eigenvalue weighted by Gasteiger charge is 2.19. The Morgan fingerprint density at radius 3 is 2.38 bits per heavy atom. The van der Waals surface area contributed by atoms with E-state index in [0.29, 0.717) is 6.54 Å². The molecule has 1 saturated heterocycles. The number of likely N-dealkylation sites (tertiary alicyclic amines) is 1. The highest BCUT2D eigenvalue weighted by molar-refractivity contribution is 5.94. The van der Waals surface area contributed by atoms with Crippen LogP contribution in [0.25, 0.3) is 0 Å². The molecule has 0 bridgehead atoms. The Kier molecular flexibility index (Phi) is 5.37. The fourth-order valence-electron chi connectivity index (χ4n) is 2.42. The number of benzene rings is 1. The number of carbonyl (C=O) groups is 2. The van der Waals surface area contributed by atoms with Crippen LogP contribution >= 0.6 is 0 Å². The van der Waals surface area contributed by atoms with Crippen LogP contribution in [0.5, 0.6) is 0 Å².